The predicted octanol–water partition coefficient (Wildman–Crippen LogP) is 4.33. The molecule has 0 fully saturated rings. The molecule has 0 saturated carbocycles. The fraction of sp³-hybridized carbons (Fsp3) is 0.391. The zero-order chi connectivity index (χ0) is 21.4. The first-order chi connectivity index (χ1) is 13.7. The summed E-state index contributed by atoms with van der Waals surface area (Å²) in [6, 6.07) is 14.8. The number of rotatable bonds is 8. The van der Waals surface area contributed by atoms with Gasteiger partial charge in [-0.25, -0.2) is 0 Å². The Hall–Kier alpha value is -3.02. The number of amides is 1. The molecule has 1 amide bonds. The summed E-state index contributed by atoms with van der Waals surface area (Å²) in [6.07, 6.45) is -0.883. The lowest BCUT2D eigenvalue weighted by Gasteiger charge is -2.19. The summed E-state index contributed by atoms with van der Waals surface area (Å²) in [5, 5.41) is 2.69. The van der Waals surface area contributed by atoms with Gasteiger partial charge in [-0.15, -0.1) is 0 Å². The lowest BCUT2D eigenvalue weighted by Crippen LogP contribution is -2.30. The van der Waals surface area contributed by atoms with Crippen molar-refractivity contribution in [2.24, 2.45) is 0 Å². The first kappa shape index (κ1) is 22.3. The summed E-state index contributed by atoms with van der Waals surface area (Å²) >= 11 is 0. The van der Waals surface area contributed by atoms with Crippen LogP contribution in [0.1, 0.15) is 39.7 Å². The van der Waals surface area contributed by atoms with Crippen LogP contribution >= 0.6 is 0 Å². The van der Waals surface area contributed by atoms with Crippen molar-refractivity contribution in [1.29, 1.82) is 0 Å². The quantitative estimate of drug-likeness (QED) is 0.669. The molecule has 6 heteroatoms. The Bertz CT molecular complexity index is 824. The van der Waals surface area contributed by atoms with Crippen LogP contribution in [0.2, 0.25) is 0 Å². The second-order valence-corrected chi connectivity index (χ2v) is 7.69. The largest absolute Gasteiger partial charge is 0.495 e. The van der Waals surface area contributed by atoms with E-state index in [2.05, 4.69) is 26.1 Å². The third-order valence-corrected chi connectivity index (χ3v) is 4.34. The van der Waals surface area contributed by atoms with Gasteiger partial charge in [-0.1, -0.05) is 45.0 Å². The first-order valence-electron chi connectivity index (χ1n) is 9.57. The van der Waals surface area contributed by atoms with E-state index in [0.717, 1.165) is 0 Å². The van der Waals surface area contributed by atoms with E-state index in [1.54, 1.807) is 24.3 Å². The normalized spacial score (nSPS) is 12.0. The molecule has 0 radical (unpaired) electrons. The van der Waals surface area contributed by atoms with Gasteiger partial charge in [-0.3, -0.25) is 9.59 Å². The topological polar surface area (TPSA) is 73.9 Å². The van der Waals surface area contributed by atoms with Gasteiger partial charge in [-0.05, 0) is 42.2 Å². The molecule has 6 nitrogen and oxygen atoms in total. The number of hydrogen-bond donors (Lipinski definition) is 1. The maximum absolute atomic E-state index is 12.2. The van der Waals surface area contributed by atoms with E-state index in [1.807, 2.05) is 24.3 Å². The molecule has 0 saturated heterocycles. The van der Waals surface area contributed by atoms with Gasteiger partial charge < -0.3 is 19.5 Å². The Morgan fingerprint density at radius 3 is 2.31 bits per heavy atom. The Balaban J connectivity index is 1.77. The van der Waals surface area contributed by atoms with Gasteiger partial charge in [0.05, 0.1) is 25.8 Å². The monoisotopic (exact) mass is 399 g/mol. The van der Waals surface area contributed by atoms with Gasteiger partial charge in [0.2, 0.25) is 0 Å². The van der Waals surface area contributed by atoms with Crippen LogP contribution < -0.4 is 14.8 Å². The minimum Gasteiger partial charge on any atom is -0.495 e. The zero-order valence-electron chi connectivity index (χ0n) is 17.7. The highest BCUT2D eigenvalue weighted by Gasteiger charge is 2.19. The second kappa shape index (κ2) is 9.96. The third kappa shape index (κ3) is 6.82. The molecule has 0 bridgehead atoms. The summed E-state index contributed by atoms with van der Waals surface area (Å²) < 4.78 is 16.0. The Kier molecular flexibility index (Phi) is 7.65. The summed E-state index contributed by atoms with van der Waals surface area (Å²) in [5.41, 5.74) is 1.80. The summed E-state index contributed by atoms with van der Waals surface area (Å²) in [7, 11) is 1.52. The number of carbonyl (C=O) groups is 2. The molecule has 0 heterocycles. The second-order valence-electron chi connectivity index (χ2n) is 7.69. The number of esters is 1. The third-order valence-electron chi connectivity index (χ3n) is 4.34. The van der Waals surface area contributed by atoms with Crippen LogP contribution in [0.3, 0.4) is 0 Å². The number of nitrogens with one attached hydrogen (secondary N) is 1. The predicted molar refractivity (Wildman–Crippen MR) is 112 cm³/mol. The van der Waals surface area contributed by atoms with E-state index < -0.39 is 18.0 Å². The van der Waals surface area contributed by atoms with E-state index in [4.69, 9.17) is 14.2 Å². The van der Waals surface area contributed by atoms with Crippen LogP contribution in [0.5, 0.6) is 11.5 Å². The zero-order valence-corrected chi connectivity index (χ0v) is 17.7. The van der Waals surface area contributed by atoms with E-state index in [1.165, 1.54) is 19.6 Å². The molecule has 0 spiro atoms. The Morgan fingerprint density at radius 1 is 1.03 bits per heavy atom. The highest BCUT2D eigenvalue weighted by Crippen LogP contribution is 2.25. The molecule has 2 aromatic carbocycles. The molecule has 2 rings (SSSR count). The van der Waals surface area contributed by atoms with Crippen molar-refractivity contribution in [3.05, 3.63) is 54.1 Å². The van der Waals surface area contributed by atoms with Gasteiger partial charge in [0.25, 0.3) is 5.91 Å². The molecule has 0 aliphatic heterocycles. The average molecular weight is 399 g/mol. The first-order valence-corrected chi connectivity index (χ1v) is 9.57. The summed E-state index contributed by atoms with van der Waals surface area (Å²) in [6.45, 7) is 8.13. The number of benzene rings is 2. The van der Waals surface area contributed by atoms with Crippen LogP contribution in [0.4, 0.5) is 5.69 Å². The molecule has 2 aromatic rings. The van der Waals surface area contributed by atoms with Crippen molar-refractivity contribution >= 4 is 17.6 Å². The van der Waals surface area contributed by atoms with Crippen molar-refractivity contribution in [2.75, 3.05) is 19.0 Å². The lowest BCUT2D eigenvalue weighted by molar-refractivity contribution is -0.153. The maximum Gasteiger partial charge on any atom is 0.310 e. The van der Waals surface area contributed by atoms with E-state index in [0.29, 0.717) is 17.2 Å². The minimum atomic E-state index is -0.932. The lowest BCUT2D eigenvalue weighted by atomic mass is 9.87. The molecular weight excluding hydrogens is 370 g/mol. The molecule has 156 valence electrons. The van der Waals surface area contributed by atoms with Crippen molar-refractivity contribution in [2.45, 2.75) is 45.6 Å². The van der Waals surface area contributed by atoms with Gasteiger partial charge in [0, 0.05) is 0 Å². The highest BCUT2D eigenvalue weighted by molar-refractivity contribution is 5.96. The van der Waals surface area contributed by atoms with Crippen LogP contribution in [0.25, 0.3) is 0 Å². The van der Waals surface area contributed by atoms with Gasteiger partial charge in [0.1, 0.15) is 11.5 Å². The number of para-hydroxylation sites is 2. The average Bonchev–Trinajstić information content (AvgIpc) is 2.68. The highest BCUT2D eigenvalue weighted by atomic mass is 16.5. The number of ether oxygens (including phenoxy) is 3. The molecule has 0 unspecified atom stereocenters. The molecule has 0 aromatic heterocycles. The number of carbonyl (C=O) groups excluding carboxylic acids is 2. The van der Waals surface area contributed by atoms with Crippen LogP contribution in [0, 0.1) is 0 Å². The number of anilines is 1. The molecule has 0 aliphatic rings. The van der Waals surface area contributed by atoms with Crippen molar-refractivity contribution in [1.82, 2.24) is 0 Å². The molecule has 29 heavy (non-hydrogen) atoms. The van der Waals surface area contributed by atoms with E-state index in [9.17, 15) is 9.59 Å². The molecular formula is C23H29NO5. The smallest absolute Gasteiger partial charge is 0.310 e. The van der Waals surface area contributed by atoms with Crippen molar-refractivity contribution in [3.8, 4) is 11.5 Å². The summed E-state index contributed by atoms with van der Waals surface area (Å²) in [5.74, 6) is 0.290. The fourth-order valence-corrected chi connectivity index (χ4v) is 2.60. The van der Waals surface area contributed by atoms with E-state index in [-0.39, 0.29) is 18.4 Å². The Morgan fingerprint density at radius 2 is 1.69 bits per heavy atom. The van der Waals surface area contributed by atoms with Gasteiger partial charge in [0.15, 0.2) is 6.10 Å². The fourth-order valence-electron chi connectivity index (χ4n) is 2.60. The van der Waals surface area contributed by atoms with Crippen LogP contribution in [-0.4, -0.2) is 31.7 Å². The minimum absolute atomic E-state index is 0.0489. The Labute approximate surface area is 172 Å². The molecule has 1 atom stereocenters. The molecule has 1 N–H and O–H groups in total. The van der Waals surface area contributed by atoms with E-state index >= 15 is 0 Å². The van der Waals surface area contributed by atoms with Crippen LogP contribution in [0.15, 0.2) is 48.5 Å². The maximum atomic E-state index is 12.2. The van der Waals surface area contributed by atoms with Crippen molar-refractivity contribution in [3.63, 3.8) is 0 Å². The van der Waals surface area contributed by atoms with Crippen LogP contribution in [-0.2, 0) is 19.7 Å². The van der Waals surface area contributed by atoms with Crippen molar-refractivity contribution < 1.29 is 23.8 Å². The van der Waals surface area contributed by atoms with Gasteiger partial charge in [-0.2, -0.15) is 0 Å². The number of methoxy groups -OCH3 is 1. The SMILES string of the molecule is COc1ccccc1NC(=O)[C@H](C)OC(=O)CCOc1ccc(C(C)(C)C)cc1. The molecule has 0 aliphatic carbocycles. The summed E-state index contributed by atoms with van der Waals surface area (Å²) in [4.78, 5) is 24.3. The standard InChI is InChI=1S/C23H29NO5/c1-16(22(26)24-19-8-6-7-9-20(19)27-5)29-21(25)14-15-28-18-12-10-17(11-13-18)23(2,3)4/h6-13,16H,14-15H2,1-5H3,(H,24,26)/t16-/m0/s1. The van der Waals surface area contributed by atoms with Gasteiger partial charge >= 0.3 is 5.97 Å². The number of hydrogen-bond acceptors (Lipinski definition) is 5.